The summed E-state index contributed by atoms with van der Waals surface area (Å²) >= 11 is 1.62. The van der Waals surface area contributed by atoms with E-state index in [4.69, 9.17) is 9.47 Å². The van der Waals surface area contributed by atoms with Gasteiger partial charge in [0.2, 0.25) is 0 Å². The predicted molar refractivity (Wildman–Crippen MR) is 109 cm³/mol. The van der Waals surface area contributed by atoms with E-state index in [1.807, 2.05) is 41.8 Å². The van der Waals surface area contributed by atoms with Crippen LogP contribution in [-0.4, -0.2) is 55.5 Å². The van der Waals surface area contributed by atoms with Gasteiger partial charge in [-0.15, -0.1) is 11.3 Å². The lowest BCUT2D eigenvalue weighted by Crippen LogP contribution is -2.43. The van der Waals surface area contributed by atoms with E-state index in [1.54, 1.807) is 23.3 Å². The smallest absolute Gasteiger partial charge is 0.414 e. The van der Waals surface area contributed by atoms with Crippen LogP contribution in [0.2, 0.25) is 0 Å². The van der Waals surface area contributed by atoms with E-state index in [2.05, 4.69) is 4.90 Å². The van der Waals surface area contributed by atoms with Crippen LogP contribution in [0, 0.1) is 0 Å². The molecule has 0 bridgehead atoms. The van der Waals surface area contributed by atoms with Crippen LogP contribution in [0.4, 0.5) is 10.5 Å². The van der Waals surface area contributed by atoms with Crippen molar-refractivity contribution in [1.29, 1.82) is 0 Å². The van der Waals surface area contributed by atoms with Crippen LogP contribution < -0.4 is 9.64 Å². The van der Waals surface area contributed by atoms with Gasteiger partial charge in [0.05, 0.1) is 13.7 Å². The molecule has 1 aromatic heterocycles. The van der Waals surface area contributed by atoms with Crippen molar-refractivity contribution in [2.75, 3.05) is 38.2 Å². The van der Waals surface area contributed by atoms with E-state index in [0.29, 0.717) is 6.54 Å². The SMILES string of the molecule is COc1ccc(N2CC(CCN3CCC(O)(c4cccs4)CC3)OC2=O)cc1. The molecule has 2 aromatic rings. The highest BCUT2D eigenvalue weighted by atomic mass is 32.1. The van der Waals surface area contributed by atoms with Crippen molar-refractivity contribution in [3.63, 3.8) is 0 Å². The first-order valence-electron chi connectivity index (χ1n) is 9.68. The quantitative estimate of drug-likeness (QED) is 0.802. The van der Waals surface area contributed by atoms with E-state index in [0.717, 1.165) is 55.2 Å². The topological polar surface area (TPSA) is 62.2 Å². The number of carbonyl (C=O) groups is 1. The van der Waals surface area contributed by atoms with Crippen LogP contribution in [0.5, 0.6) is 5.75 Å². The Morgan fingerprint density at radius 1 is 1.25 bits per heavy atom. The van der Waals surface area contributed by atoms with Gasteiger partial charge >= 0.3 is 6.09 Å². The van der Waals surface area contributed by atoms with E-state index >= 15 is 0 Å². The van der Waals surface area contributed by atoms with Gasteiger partial charge in [-0.25, -0.2) is 4.79 Å². The third kappa shape index (κ3) is 4.01. The third-order valence-corrected chi connectivity index (χ3v) is 6.75. The van der Waals surface area contributed by atoms with Crippen LogP contribution in [0.1, 0.15) is 24.1 Å². The number of likely N-dealkylation sites (tertiary alicyclic amines) is 1. The number of amides is 1. The number of nitrogens with zero attached hydrogens (tertiary/aromatic N) is 2. The summed E-state index contributed by atoms with van der Waals surface area (Å²) in [6.07, 6.45) is 1.90. The lowest BCUT2D eigenvalue weighted by molar-refractivity contribution is -0.0246. The summed E-state index contributed by atoms with van der Waals surface area (Å²) < 4.78 is 10.7. The highest BCUT2D eigenvalue weighted by Gasteiger charge is 2.36. The zero-order chi connectivity index (χ0) is 19.6. The second-order valence-corrected chi connectivity index (χ2v) is 8.40. The molecule has 7 heteroatoms. The van der Waals surface area contributed by atoms with Gasteiger partial charge in [0.1, 0.15) is 17.5 Å². The maximum absolute atomic E-state index is 12.2. The molecule has 2 saturated heterocycles. The predicted octanol–water partition coefficient (Wildman–Crippen LogP) is 3.46. The number of aliphatic hydroxyl groups is 1. The number of rotatable bonds is 6. The Hall–Kier alpha value is -2.09. The molecule has 6 nitrogen and oxygen atoms in total. The van der Waals surface area contributed by atoms with Crippen LogP contribution in [0.25, 0.3) is 0 Å². The monoisotopic (exact) mass is 402 g/mol. The first kappa shape index (κ1) is 19.2. The number of ether oxygens (including phenoxy) is 2. The number of cyclic esters (lactones) is 1. The molecule has 0 radical (unpaired) electrons. The number of anilines is 1. The molecule has 0 spiro atoms. The Labute approximate surface area is 169 Å². The minimum Gasteiger partial charge on any atom is -0.497 e. The molecule has 2 aliphatic rings. The summed E-state index contributed by atoms with van der Waals surface area (Å²) in [5.74, 6) is 0.764. The Morgan fingerprint density at radius 2 is 2.00 bits per heavy atom. The third-order valence-electron chi connectivity index (χ3n) is 5.69. The molecule has 1 aromatic carbocycles. The number of hydrogen-bond acceptors (Lipinski definition) is 6. The second-order valence-electron chi connectivity index (χ2n) is 7.45. The van der Waals surface area contributed by atoms with Crippen molar-refractivity contribution in [3.8, 4) is 5.75 Å². The van der Waals surface area contributed by atoms with Gasteiger partial charge in [0.25, 0.3) is 0 Å². The molecular formula is C21H26N2O4S. The Balaban J connectivity index is 1.26. The van der Waals surface area contributed by atoms with Gasteiger partial charge in [-0.1, -0.05) is 6.07 Å². The van der Waals surface area contributed by atoms with E-state index < -0.39 is 5.60 Å². The lowest BCUT2D eigenvalue weighted by atomic mass is 9.90. The molecule has 1 N–H and O–H groups in total. The number of hydrogen-bond donors (Lipinski definition) is 1. The zero-order valence-electron chi connectivity index (χ0n) is 16.0. The second kappa shape index (κ2) is 8.11. The fraction of sp³-hybridized carbons (Fsp3) is 0.476. The maximum atomic E-state index is 12.2. The van der Waals surface area contributed by atoms with Crippen LogP contribution >= 0.6 is 11.3 Å². The number of thiophene rings is 1. The summed E-state index contributed by atoms with van der Waals surface area (Å²) in [7, 11) is 1.62. The fourth-order valence-corrected chi connectivity index (χ4v) is 4.79. The van der Waals surface area contributed by atoms with Crippen molar-refractivity contribution in [2.45, 2.75) is 31.0 Å². The molecule has 1 atom stereocenters. The Morgan fingerprint density at radius 3 is 2.64 bits per heavy atom. The first-order chi connectivity index (χ1) is 13.6. The first-order valence-corrected chi connectivity index (χ1v) is 10.6. The molecule has 1 amide bonds. The normalized spacial score (nSPS) is 22.3. The highest BCUT2D eigenvalue weighted by molar-refractivity contribution is 7.10. The van der Waals surface area contributed by atoms with Crippen molar-refractivity contribution in [1.82, 2.24) is 4.90 Å². The molecule has 0 aliphatic carbocycles. The number of carbonyl (C=O) groups excluding carboxylic acids is 1. The number of benzene rings is 1. The summed E-state index contributed by atoms with van der Waals surface area (Å²) in [6, 6.07) is 11.5. The Bertz CT molecular complexity index is 785. The molecule has 3 heterocycles. The van der Waals surface area contributed by atoms with Crippen molar-refractivity contribution >= 4 is 23.1 Å². The molecule has 28 heavy (non-hydrogen) atoms. The minimum absolute atomic E-state index is 0.104. The van der Waals surface area contributed by atoms with Gasteiger partial charge in [0.15, 0.2) is 0 Å². The van der Waals surface area contributed by atoms with E-state index in [1.165, 1.54) is 0 Å². The van der Waals surface area contributed by atoms with Crippen molar-refractivity contribution < 1.29 is 19.4 Å². The van der Waals surface area contributed by atoms with Gasteiger partial charge in [0, 0.05) is 30.2 Å². The van der Waals surface area contributed by atoms with Crippen molar-refractivity contribution in [2.24, 2.45) is 0 Å². The number of piperidine rings is 1. The standard InChI is InChI=1S/C21H26N2O4S/c1-26-17-6-4-16(5-7-17)23-15-18(27-20(23)24)8-11-22-12-9-21(25,10-13-22)19-3-2-14-28-19/h2-7,14,18,25H,8-13,15H2,1H3. The molecule has 2 aliphatic heterocycles. The van der Waals surface area contributed by atoms with Gasteiger partial charge in [-0.05, 0) is 55.0 Å². The van der Waals surface area contributed by atoms with Crippen LogP contribution in [-0.2, 0) is 10.3 Å². The summed E-state index contributed by atoms with van der Waals surface area (Å²) in [4.78, 5) is 17.3. The minimum atomic E-state index is -0.685. The van der Waals surface area contributed by atoms with Gasteiger partial charge in [-0.3, -0.25) is 4.90 Å². The lowest BCUT2D eigenvalue weighted by Gasteiger charge is -2.37. The molecule has 1 unspecified atom stereocenters. The van der Waals surface area contributed by atoms with Crippen LogP contribution in [0.15, 0.2) is 41.8 Å². The highest BCUT2D eigenvalue weighted by Crippen LogP contribution is 2.35. The number of methoxy groups -OCH3 is 1. The van der Waals surface area contributed by atoms with Gasteiger partial charge in [-0.2, -0.15) is 0 Å². The molecule has 0 saturated carbocycles. The van der Waals surface area contributed by atoms with E-state index in [-0.39, 0.29) is 12.2 Å². The van der Waals surface area contributed by atoms with E-state index in [9.17, 15) is 9.90 Å². The summed E-state index contributed by atoms with van der Waals surface area (Å²) in [5, 5.41) is 12.9. The fourth-order valence-electron chi connectivity index (χ4n) is 3.91. The van der Waals surface area contributed by atoms with Crippen molar-refractivity contribution in [3.05, 3.63) is 46.7 Å². The average Bonchev–Trinajstić information content (AvgIpc) is 3.38. The molecule has 150 valence electrons. The largest absolute Gasteiger partial charge is 0.497 e. The average molecular weight is 403 g/mol. The molecule has 4 rings (SSSR count). The van der Waals surface area contributed by atoms with Crippen LogP contribution in [0.3, 0.4) is 0 Å². The molecule has 2 fully saturated rings. The van der Waals surface area contributed by atoms with Gasteiger partial charge < -0.3 is 19.5 Å². The Kier molecular flexibility index (Phi) is 5.57. The zero-order valence-corrected chi connectivity index (χ0v) is 16.9. The summed E-state index contributed by atoms with van der Waals surface area (Å²) in [6.45, 7) is 3.15. The molecular weight excluding hydrogens is 376 g/mol. The summed E-state index contributed by atoms with van der Waals surface area (Å²) in [5.41, 5.74) is 0.141. The maximum Gasteiger partial charge on any atom is 0.414 e.